The summed E-state index contributed by atoms with van der Waals surface area (Å²) in [5.41, 5.74) is 6.70. The SMILES string of the molecule is CSc1nnc(-c2cc(Cl)cc(Cl)c2Cl)c(N)n1. The van der Waals surface area contributed by atoms with E-state index in [1.54, 1.807) is 12.1 Å². The van der Waals surface area contributed by atoms with Crippen molar-refractivity contribution in [3.8, 4) is 11.3 Å². The fourth-order valence-corrected chi connectivity index (χ4v) is 2.33. The number of aromatic nitrogens is 3. The smallest absolute Gasteiger partial charge is 0.210 e. The molecule has 0 aliphatic rings. The highest BCUT2D eigenvalue weighted by atomic mass is 35.5. The molecule has 0 aliphatic heterocycles. The number of thioether (sulfide) groups is 1. The van der Waals surface area contributed by atoms with Crippen molar-refractivity contribution in [2.24, 2.45) is 0 Å². The van der Waals surface area contributed by atoms with Gasteiger partial charge in [-0.1, -0.05) is 46.6 Å². The minimum absolute atomic E-state index is 0.231. The Morgan fingerprint density at radius 3 is 2.50 bits per heavy atom. The molecule has 0 saturated heterocycles. The molecule has 1 aromatic heterocycles. The third-order valence-corrected chi connectivity index (χ3v) is 3.68. The largest absolute Gasteiger partial charge is 0.382 e. The van der Waals surface area contributed by atoms with Gasteiger partial charge in [-0.2, -0.15) is 0 Å². The summed E-state index contributed by atoms with van der Waals surface area (Å²) in [6, 6.07) is 3.17. The molecule has 0 saturated carbocycles. The van der Waals surface area contributed by atoms with Crippen molar-refractivity contribution in [2.75, 3.05) is 12.0 Å². The Morgan fingerprint density at radius 2 is 1.89 bits per heavy atom. The normalized spacial score (nSPS) is 10.7. The zero-order chi connectivity index (χ0) is 13.3. The van der Waals surface area contributed by atoms with Gasteiger partial charge < -0.3 is 5.73 Å². The van der Waals surface area contributed by atoms with E-state index >= 15 is 0 Å². The molecule has 2 rings (SSSR count). The van der Waals surface area contributed by atoms with Gasteiger partial charge in [0.05, 0.1) is 10.0 Å². The molecule has 94 valence electrons. The second-order valence-corrected chi connectivity index (χ2v) is 5.28. The Morgan fingerprint density at radius 1 is 1.17 bits per heavy atom. The van der Waals surface area contributed by atoms with E-state index in [0.29, 0.717) is 31.5 Å². The first kappa shape index (κ1) is 13.7. The maximum absolute atomic E-state index is 6.10. The lowest BCUT2D eigenvalue weighted by atomic mass is 10.1. The monoisotopic (exact) mass is 320 g/mol. The summed E-state index contributed by atoms with van der Waals surface area (Å²) in [6.45, 7) is 0. The minimum Gasteiger partial charge on any atom is -0.382 e. The highest BCUT2D eigenvalue weighted by Crippen LogP contribution is 2.37. The van der Waals surface area contributed by atoms with Gasteiger partial charge in [0, 0.05) is 10.6 Å². The van der Waals surface area contributed by atoms with Crippen LogP contribution < -0.4 is 5.73 Å². The average Bonchev–Trinajstić information content (AvgIpc) is 2.34. The number of hydrogen-bond acceptors (Lipinski definition) is 5. The van der Waals surface area contributed by atoms with Crippen LogP contribution in [0.1, 0.15) is 0 Å². The van der Waals surface area contributed by atoms with Crippen molar-refractivity contribution >= 4 is 52.4 Å². The van der Waals surface area contributed by atoms with Crippen LogP contribution in [-0.4, -0.2) is 21.4 Å². The minimum atomic E-state index is 0.231. The molecule has 0 atom stereocenters. The number of benzene rings is 1. The van der Waals surface area contributed by atoms with Gasteiger partial charge in [-0.15, -0.1) is 10.2 Å². The summed E-state index contributed by atoms with van der Waals surface area (Å²) >= 11 is 19.3. The maximum Gasteiger partial charge on any atom is 0.210 e. The number of nitrogen functional groups attached to an aromatic ring is 1. The number of rotatable bonds is 2. The molecule has 8 heteroatoms. The first-order valence-corrected chi connectivity index (χ1v) is 7.08. The summed E-state index contributed by atoms with van der Waals surface area (Å²) in [4.78, 5) is 4.09. The molecule has 0 radical (unpaired) electrons. The van der Waals surface area contributed by atoms with Crippen LogP contribution in [0.5, 0.6) is 0 Å². The van der Waals surface area contributed by atoms with Crippen molar-refractivity contribution in [1.82, 2.24) is 15.2 Å². The van der Waals surface area contributed by atoms with E-state index in [-0.39, 0.29) is 5.82 Å². The molecular formula is C10H7Cl3N4S. The van der Waals surface area contributed by atoms with Crippen molar-refractivity contribution in [2.45, 2.75) is 5.16 Å². The molecular weight excluding hydrogens is 315 g/mol. The summed E-state index contributed by atoms with van der Waals surface area (Å²) in [7, 11) is 0. The van der Waals surface area contributed by atoms with Gasteiger partial charge in [0.2, 0.25) is 5.16 Å². The molecule has 2 aromatic rings. The van der Waals surface area contributed by atoms with Crippen LogP contribution in [0.15, 0.2) is 17.3 Å². The molecule has 2 N–H and O–H groups in total. The second-order valence-electron chi connectivity index (χ2n) is 3.28. The zero-order valence-corrected chi connectivity index (χ0v) is 12.2. The van der Waals surface area contributed by atoms with E-state index in [9.17, 15) is 0 Å². The maximum atomic E-state index is 6.10. The number of anilines is 1. The molecule has 4 nitrogen and oxygen atoms in total. The van der Waals surface area contributed by atoms with Crippen molar-refractivity contribution in [1.29, 1.82) is 0 Å². The number of hydrogen-bond donors (Lipinski definition) is 1. The van der Waals surface area contributed by atoms with E-state index in [0.717, 1.165) is 0 Å². The van der Waals surface area contributed by atoms with Gasteiger partial charge in [0.1, 0.15) is 5.69 Å². The Hall–Kier alpha value is -0.750. The van der Waals surface area contributed by atoms with E-state index < -0.39 is 0 Å². The Labute approximate surface area is 123 Å². The van der Waals surface area contributed by atoms with Crippen LogP contribution >= 0.6 is 46.6 Å². The zero-order valence-electron chi connectivity index (χ0n) is 9.12. The van der Waals surface area contributed by atoms with Crippen LogP contribution in [0.25, 0.3) is 11.3 Å². The topological polar surface area (TPSA) is 64.7 Å². The summed E-state index contributed by atoms with van der Waals surface area (Å²) in [5, 5.41) is 9.49. The highest BCUT2D eigenvalue weighted by Gasteiger charge is 2.15. The summed E-state index contributed by atoms with van der Waals surface area (Å²) in [6.07, 6.45) is 1.83. The lowest BCUT2D eigenvalue weighted by Crippen LogP contribution is -2.02. The molecule has 0 amide bonds. The molecule has 18 heavy (non-hydrogen) atoms. The van der Waals surface area contributed by atoms with Crippen LogP contribution in [-0.2, 0) is 0 Å². The first-order chi connectivity index (χ1) is 8.52. The van der Waals surface area contributed by atoms with Gasteiger partial charge >= 0.3 is 0 Å². The predicted molar refractivity (Wildman–Crippen MR) is 76.5 cm³/mol. The van der Waals surface area contributed by atoms with Crippen LogP contribution in [0.2, 0.25) is 15.1 Å². The Kier molecular flexibility index (Phi) is 4.17. The average molecular weight is 322 g/mol. The van der Waals surface area contributed by atoms with E-state index in [1.807, 2.05) is 6.26 Å². The van der Waals surface area contributed by atoms with Crippen LogP contribution in [0.4, 0.5) is 5.82 Å². The van der Waals surface area contributed by atoms with E-state index in [2.05, 4.69) is 15.2 Å². The summed E-state index contributed by atoms with van der Waals surface area (Å²) in [5.74, 6) is 0.231. The molecule has 0 unspecified atom stereocenters. The molecule has 1 heterocycles. The lowest BCUT2D eigenvalue weighted by molar-refractivity contribution is 0.854. The van der Waals surface area contributed by atoms with Gasteiger partial charge in [0.25, 0.3) is 0 Å². The van der Waals surface area contributed by atoms with Gasteiger partial charge in [-0.05, 0) is 18.4 Å². The van der Waals surface area contributed by atoms with Crippen molar-refractivity contribution in [3.05, 3.63) is 27.2 Å². The number of nitrogens with two attached hydrogens (primary N) is 1. The predicted octanol–water partition coefficient (Wildman–Crippen LogP) is 3.80. The highest BCUT2D eigenvalue weighted by molar-refractivity contribution is 7.98. The number of halogens is 3. The van der Waals surface area contributed by atoms with Crippen LogP contribution in [0, 0.1) is 0 Å². The molecule has 0 fully saturated rings. The quantitative estimate of drug-likeness (QED) is 0.673. The van der Waals surface area contributed by atoms with Gasteiger partial charge in [0.15, 0.2) is 5.82 Å². The third kappa shape index (κ3) is 2.64. The van der Waals surface area contributed by atoms with Gasteiger partial charge in [-0.25, -0.2) is 4.98 Å². The van der Waals surface area contributed by atoms with E-state index in [4.69, 9.17) is 40.5 Å². The second kappa shape index (κ2) is 5.48. The Bertz CT molecular complexity index is 606. The Balaban J connectivity index is 2.62. The molecule has 0 aliphatic carbocycles. The molecule has 1 aromatic carbocycles. The molecule has 0 bridgehead atoms. The summed E-state index contributed by atoms with van der Waals surface area (Å²) < 4.78 is 0. The third-order valence-electron chi connectivity index (χ3n) is 2.12. The molecule has 0 spiro atoms. The fourth-order valence-electron chi connectivity index (χ4n) is 1.33. The van der Waals surface area contributed by atoms with Crippen LogP contribution in [0.3, 0.4) is 0 Å². The number of nitrogens with zero attached hydrogens (tertiary/aromatic N) is 3. The first-order valence-electron chi connectivity index (χ1n) is 4.72. The lowest BCUT2D eigenvalue weighted by Gasteiger charge is -2.08. The fraction of sp³-hybridized carbons (Fsp3) is 0.100. The van der Waals surface area contributed by atoms with E-state index in [1.165, 1.54) is 11.8 Å². The standard InChI is InChI=1S/C10H7Cl3N4S/c1-18-10-15-9(14)8(16-17-10)5-2-4(11)3-6(12)7(5)13/h2-3H,1H3,(H2,14,15,17). The van der Waals surface area contributed by atoms with Gasteiger partial charge in [-0.3, -0.25) is 0 Å². The van der Waals surface area contributed by atoms with Crippen molar-refractivity contribution < 1.29 is 0 Å². The van der Waals surface area contributed by atoms with Crippen molar-refractivity contribution in [3.63, 3.8) is 0 Å².